The Labute approximate surface area is 206 Å². The number of pyridine rings is 2. The molecule has 0 saturated carbocycles. The Morgan fingerprint density at radius 3 is 2.64 bits per heavy atom. The van der Waals surface area contributed by atoms with Crippen LogP contribution in [-0.2, 0) is 20.1 Å². The Morgan fingerprint density at radius 2 is 1.86 bits per heavy atom. The van der Waals surface area contributed by atoms with Gasteiger partial charge in [0.05, 0.1) is 23.3 Å². The number of benzene rings is 1. The zero-order valence-electron chi connectivity index (χ0n) is 20.4. The topological polar surface area (TPSA) is 117 Å². The minimum atomic E-state index is -0.424. The van der Waals surface area contributed by atoms with Crippen LogP contribution in [0.25, 0.3) is 33.0 Å². The average Bonchev–Trinajstić information content (AvgIpc) is 3.30. The van der Waals surface area contributed by atoms with E-state index in [0.717, 1.165) is 41.2 Å². The van der Waals surface area contributed by atoms with Gasteiger partial charge in [0.1, 0.15) is 0 Å². The fourth-order valence-corrected chi connectivity index (χ4v) is 5.34. The summed E-state index contributed by atoms with van der Waals surface area (Å²) in [5.41, 5.74) is 8.39. The van der Waals surface area contributed by atoms with E-state index in [0.29, 0.717) is 35.9 Å². The molecule has 184 valence electrons. The Morgan fingerprint density at radius 1 is 1.06 bits per heavy atom. The summed E-state index contributed by atoms with van der Waals surface area (Å²) in [5.74, 6) is 0.688. The summed E-state index contributed by atoms with van der Waals surface area (Å²) in [6.45, 7) is 4.07. The molecule has 4 aromatic heterocycles. The van der Waals surface area contributed by atoms with Crippen LogP contribution >= 0.6 is 0 Å². The molecule has 0 radical (unpaired) electrons. The molecule has 2 N–H and O–H groups in total. The predicted molar refractivity (Wildman–Crippen MR) is 140 cm³/mol. The monoisotopic (exact) mass is 484 g/mol. The Hall–Kier alpha value is -4.05. The summed E-state index contributed by atoms with van der Waals surface area (Å²) in [6.07, 6.45) is 3.67. The highest BCUT2D eigenvalue weighted by Crippen LogP contribution is 2.26. The van der Waals surface area contributed by atoms with Gasteiger partial charge in [-0.2, -0.15) is 4.98 Å². The first kappa shape index (κ1) is 22.4. The first-order valence-electron chi connectivity index (χ1n) is 12.3. The number of imidazole rings is 1. The third-order valence-corrected chi connectivity index (χ3v) is 7.11. The SMILES string of the molecule is CCn1c(N2CCC[C@@H](N)C2)nc2c1c(=O)n(Cc1nc3cccnc3c3ccccc13)c(=O)n2C. The number of nitrogens with zero attached hydrogens (tertiary/aromatic N) is 7. The third-order valence-electron chi connectivity index (χ3n) is 7.11. The van der Waals surface area contributed by atoms with Gasteiger partial charge in [0, 0.05) is 49.7 Å². The number of hydrogen-bond acceptors (Lipinski definition) is 7. The highest BCUT2D eigenvalue weighted by molar-refractivity contribution is 6.04. The summed E-state index contributed by atoms with van der Waals surface area (Å²) >= 11 is 0. The van der Waals surface area contributed by atoms with E-state index in [1.165, 1.54) is 9.13 Å². The fraction of sp³-hybridized carbons (Fsp3) is 0.346. The molecule has 10 heteroatoms. The summed E-state index contributed by atoms with van der Waals surface area (Å²) in [7, 11) is 1.66. The van der Waals surface area contributed by atoms with Crippen molar-refractivity contribution in [3.05, 3.63) is 69.1 Å². The van der Waals surface area contributed by atoms with E-state index in [1.807, 2.05) is 47.9 Å². The van der Waals surface area contributed by atoms with E-state index in [-0.39, 0.29) is 18.1 Å². The maximum absolute atomic E-state index is 13.9. The molecule has 1 aromatic carbocycles. The van der Waals surface area contributed by atoms with Crippen LogP contribution in [-0.4, -0.2) is 47.8 Å². The average molecular weight is 485 g/mol. The Balaban J connectivity index is 1.56. The van der Waals surface area contributed by atoms with Crippen molar-refractivity contribution in [3.63, 3.8) is 0 Å². The lowest BCUT2D eigenvalue weighted by Crippen LogP contribution is -2.44. The first-order valence-corrected chi connectivity index (χ1v) is 12.3. The molecule has 1 atom stereocenters. The summed E-state index contributed by atoms with van der Waals surface area (Å²) in [4.78, 5) is 43.5. The van der Waals surface area contributed by atoms with E-state index in [2.05, 4.69) is 9.88 Å². The highest BCUT2D eigenvalue weighted by atomic mass is 16.2. The molecule has 1 aliphatic heterocycles. The number of aryl methyl sites for hydroxylation is 2. The van der Waals surface area contributed by atoms with Gasteiger partial charge >= 0.3 is 5.69 Å². The quantitative estimate of drug-likeness (QED) is 0.388. The molecule has 5 heterocycles. The molecule has 0 unspecified atom stereocenters. The molecule has 0 spiro atoms. The predicted octanol–water partition coefficient (Wildman–Crippen LogP) is 1.99. The van der Waals surface area contributed by atoms with Gasteiger partial charge in [0.25, 0.3) is 5.56 Å². The normalized spacial score (nSPS) is 16.4. The molecule has 1 saturated heterocycles. The summed E-state index contributed by atoms with van der Waals surface area (Å²) in [6, 6.07) is 11.6. The lowest BCUT2D eigenvalue weighted by Gasteiger charge is -2.31. The van der Waals surface area contributed by atoms with Crippen LogP contribution in [0, 0.1) is 0 Å². The van der Waals surface area contributed by atoms with Crippen molar-refractivity contribution in [2.45, 2.75) is 38.9 Å². The van der Waals surface area contributed by atoms with Crippen molar-refractivity contribution >= 4 is 38.9 Å². The van der Waals surface area contributed by atoms with Gasteiger partial charge in [0.2, 0.25) is 5.95 Å². The maximum atomic E-state index is 13.9. The number of aromatic nitrogens is 6. The van der Waals surface area contributed by atoms with E-state index < -0.39 is 5.69 Å². The van der Waals surface area contributed by atoms with Crippen molar-refractivity contribution in [3.8, 4) is 0 Å². The van der Waals surface area contributed by atoms with Crippen molar-refractivity contribution < 1.29 is 0 Å². The fourth-order valence-electron chi connectivity index (χ4n) is 5.34. The van der Waals surface area contributed by atoms with Crippen molar-refractivity contribution in [1.82, 2.24) is 28.7 Å². The maximum Gasteiger partial charge on any atom is 0.332 e. The molecule has 1 fully saturated rings. The van der Waals surface area contributed by atoms with Gasteiger partial charge in [-0.25, -0.2) is 9.78 Å². The Bertz CT molecular complexity index is 1750. The van der Waals surface area contributed by atoms with Crippen molar-refractivity contribution in [2.24, 2.45) is 12.8 Å². The van der Waals surface area contributed by atoms with Gasteiger partial charge in [-0.15, -0.1) is 0 Å². The van der Waals surface area contributed by atoms with Crippen LogP contribution < -0.4 is 21.9 Å². The first-order chi connectivity index (χ1) is 17.5. The van der Waals surface area contributed by atoms with E-state index in [9.17, 15) is 9.59 Å². The minimum absolute atomic E-state index is 0.0472. The second-order valence-corrected chi connectivity index (χ2v) is 9.38. The van der Waals surface area contributed by atoms with Crippen LogP contribution in [0.4, 0.5) is 5.95 Å². The van der Waals surface area contributed by atoms with Gasteiger partial charge in [-0.05, 0) is 31.9 Å². The number of nitrogens with two attached hydrogens (primary N) is 1. The molecule has 0 aliphatic carbocycles. The van der Waals surface area contributed by atoms with Crippen molar-refractivity contribution in [1.29, 1.82) is 0 Å². The number of hydrogen-bond donors (Lipinski definition) is 1. The number of piperidine rings is 1. The van der Waals surface area contributed by atoms with Crippen LogP contribution in [0.3, 0.4) is 0 Å². The molecule has 5 aromatic rings. The molecule has 6 rings (SSSR count). The number of rotatable bonds is 4. The molecule has 0 amide bonds. The second-order valence-electron chi connectivity index (χ2n) is 9.38. The van der Waals surface area contributed by atoms with Gasteiger partial charge in [0.15, 0.2) is 11.2 Å². The lowest BCUT2D eigenvalue weighted by molar-refractivity contribution is 0.494. The standard InChI is InChI=1S/C26H28N8O2/c1-3-33-22-23(30-25(33)32-13-7-8-16(27)14-32)31(2)26(36)34(24(22)35)15-20-17-9-4-5-10-18(17)21-19(29-20)11-6-12-28-21/h4-6,9-12,16H,3,7-8,13-15,27H2,1-2H3/t16-/m1/s1. The molecule has 1 aliphatic rings. The third kappa shape index (κ3) is 3.40. The number of anilines is 1. The minimum Gasteiger partial charge on any atom is -0.341 e. The molecular formula is C26H28N8O2. The lowest BCUT2D eigenvalue weighted by atomic mass is 10.1. The molecular weight excluding hydrogens is 456 g/mol. The smallest absolute Gasteiger partial charge is 0.332 e. The highest BCUT2D eigenvalue weighted by Gasteiger charge is 2.26. The largest absolute Gasteiger partial charge is 0.341 e. The molecule has 0 bridgehead atoms. The van der Waals surface area contributed by atoms with E-state index in [1.54, 1.807) is 13.2 Å². The second kappa shape index (κ2) is 8.56. The van der Waals surface area contributed by atoms with E-state index in [4.69, 9.17) is 15.7 Å². The van der Waals surface area contributed by atoms with Gasteiger partial charge < -0.3 is 15.2 Å². The van der Waals surface area contributed by atoms with Gasteiger partial charge in [-0.1, -0.05) is 24.3 Å². The van der Waals surface area contributed by atoms with Crippen LogP contribution in [0.1, 0.15) is 25.5 Å². The van der Waals surface area contributed by atoms with Crippen molar-refractivity contribution in [2.75, 3.05) is 18.0 Å². The van der Waals surface area contributed by atoms with Crippen LogP contribution in [0.2, 0.25) is 0 Å². The van der Waals surface area contributed by atoms with Crippen LogP contribution in [0.5, 0.6) is 0 Å². The summed E-state index contributed by atoms with van der Waals surface area (Å²) < 4.78 is 4.63. The Kier molecular flexibility index (Phi) is 5.33. The number of fused-ring (bicyclic) bond motifs is 4. The van der Waals surface area contributed by atoms with Gasteiger partial charge in [-0.3, -0.25) is 18.9 Å². The molecule has 10 nitrogen and oxygen atoms in total. The zero-order valence-corrected chi connectivity index (χ0v) is 20.4. The van der Waals surface area contributed by atoms with Crippen LogP contribution in [0.15, 0.2) is 52.2 Å². The molecule has 36 heavy (non-hydrogen) atoms. The zero-order chi connectivity index (χ0) is 25.0. The summed E-state index contributed by atoms with van der Waals surface area (Å²) in [5, 5.41) is 1.80. The van der Waals surface area contributed by atoms with E-state index >= 15 is 0 Å².